The van der Waals surface area contributed by atoms with Crippen LogP contribution in [0.3, 0.4) is 0 Å². The SMILES string of the molecule is O/C1=C/c2ccc(Cl)cc2/C=C\c2ccccc21. The predicted octanol–water partition coefficient (Wildman–Crippen LogP) is 4.88. The van der Waals surface area contributed by atoms with Gasteiger partial charge >= 0.3 is 0 Å². The molecule has 0 aromatic heterocycles. The van der Waals surface area contributed by atoms with Crippen LogP contribution in [-0.4, -0.2) is 5.11 Å². The molecule has 0 fully saturated rings. The molecule has 0 aliphatic heterocycles. The number of aliphatic hydroxyl groups is 1. The van der Waals surface area contributed by atoms with E-state index in [9.17, 15) is 5.11 Å². The third kappa shape index (κ3) is 1.93. The van der Waals surface area contributed by atoms with E-state index in [1.807, 2.05) is 54.6 Å². The lowest BCUT2D eigenvalue weighted by molar-refractivity contribution is 0.515. The van der Waals surface area contributed by atoms with Crippen LogP contribution in [0.25, 0.3) is 24.0 Å². The molecule has 0 amide bonds. The van der Waals surface area contributed by atoms with E-state index >= 15 is 0 Å². The lowest BCUT2D eigenvalue weighted by Gasteiger charge is -2.10. The third-order valence-electron chi connectivity index (χ3n) is 3.02. The Kier molecular flexibility index (Phi) is 2.69. The van der Waals surface area contributed by atoms with Gasteiger partial charge in [0.2, 0.25) is 0 Å². The van der Waals surface area contributed by atoms with Crippen molar-refractivity contribution < 1.29 is 5.11 Å². The maximum absolute atomic E-state index is 10.2. The number of fused-ring (bicyclic) bond motifs is 2. The molecule has 2 aromatic carbocycles. The summed E-state index contributed by atoms with van der Waals surface area (Å²) in [6.07, 6.45) is 5.78. The van der Waals surface area contributed by atoms with Gasteiger partial charge in [-0.3, -0.25) is 0 Å². The van der Waals surface area contributed by atoms with Crippen LogP contribution < -0.4 is 0 Å². The molecule has 0 unspecified atom stereocenters. The minimum absolute atomic E-state index is 0.276. The highest BCUT2D eigenvalue weighted by Crippen LogP contribution is 2.28. The van der Waals surface area contributed by atoms with E-state index in [1.165, 1.54) is 0 Å². The summed E-state index contributed by atoms with van der Waals surface area (Å²) in [6.45, 7) is 0. The van der Waals surface area contributed by atoms with E-state index < -0.39 is 0 Å². The topological polar surface area (TPSA) is 20.2 Å². The minimum Gasteiger partial charge on any atom is -0.507 e. The van der Waals surface area contributed by atoms with Crippen molar-refractivity contribution >= 4 is 35.6 Å². The first kappa shape index (κ1) is 11.1. The second-order valence-corrected chi connectivity index (χ2v) is 4.66. The molecular weight excluding hydrogens is 244 g/mol. The number of benzene rings is 2. The first-order valence-electron chi connectivity index (χ1n) is 5.72. The predicted molar refractivity (Wildman–Crippen MR) is 77.3 cm³/mol. The second-order valence-electron chi connectivity index (χ2n) is 4.22. The normalized spacial score (nSPS) is 17.7. The van der Waals surface area contributed by atoms with E-state index in [0.29, 0.717) is 5.02 Å². The van der Waals surface area contributed by atoms with Gasteiger partial charge in [-0.1, -0.05) is 54.1 Å². The Balaban J connectivity index is 2.24. The van der Waals surface area contributed by atoms with Crippen LogP contribution in [0.4, 0.5) is 0 Å². The fourth-order valence-corrected chi connectivity index (χ4v) is 2.28. The molecule has 0 atom stereocenters. The summed E-state index contributed by atoms with van der Waals surface area (Å²) in [5, 5.41) is 10.9. The molecule has 2 aromatic rings. The molecule has 0 heterocycles. The summed E-state index contributed by atoms with van der Waals surface area (Å²) in [6, 6.07) is 13.4. The molecule has 0 spiro atoms. The molecule has 0 saturated carbocycles. The monoisotopic (exact) mass is 254 g/mol. The number of hydrogen-bond acceptors (Lipinski definition) is 1. The lowest BCUT2D eigenvalue weighted by Crippen LogP contribution is -1.92. The van der Waals surface area contributed by atoms with Crippen LogP contribution in [0.1, 0.15) is 22.3 Å². The number of aliphatic hydroxyl groups excluding tert-OH is 1. The molecule has 0 saturated heterocycles. The summed E-state index contributed by atoms with van der Waals surface area (Å²) >= 11 is 5.99. The van der Waals surface area contributed by atoms with Gasteiger partial charge in [-0.2, -0.15) is 0 Å². The van der Waals surface area contributed by atoms with Gasteiger partial charge in [0.1, 0.15) is 5.76 Å². The number of halogens is 1. The van der Waals surface area contributed by atoms with Crippen molar-refractivity contribution in [3.63, 3.8) is 0 Å². The molecule has 0 bridgehead atoms. The van der Waals surface area contributed by atoms with Crippen molar-refractivity contribution in [3.8, 4) is 0 Å². The Hall–Kier alpha value is -1.99. The molecule has 18 heavy (non-hydrogen) atoms. The summed E-state index contributed by atoms with van der Waals surface area (Å²) < 4.78 is 0. The quantitative estimate of drug-likeness (QED) is 0.710. The molecule has 88 valence electrons. The van der Waals surface area contributed by atoms with Gasteiger partial charge in [-0.05, 0) is 34.9 Å². The molecule has 1 aliphatic rings. The van der Waals surface area contributed by atoms with E-state index in [1.54, 1.807) is 6.08 Å². The van der Waals surface area contributed by atoms with Crippen molar-refractivity contribution in [2.75, 3.05) is 0 Å². The van der Waals surface area contributed by atoms with Crippen LogP contribution in [0.2, 0.25) is 5.02 Å². The first-order chi connectivity index (χ1) is 8.74. The van der Waals surface area contributed by atoms with Gasteiger partial charge < -0.3 is 5.11 Å². The van der Waals surface area contributed by atoms with Gasteiger partial charge in [0.15, 0.2) is 0 Å². The Morgan fingerprint density at radius 2 is 1.61 bits per heavy atom. The van der Waals surface area contributed by atoms with Crippen molar-refractivity contribution in [3.05, 3.63) is 69.7 Å². The fraction of sp³-hybridized carbons (Fsp3) is 0. The lowest BCUT2D eigenvalue weighted by atomic mass is 9.97. The summed E-state index contributed by atoms with van der Waals surface area (Å²) in [7, 11) is 0. The van der Waals surface area contributed by atoms with Crippen molar-refractivity contribution in [2.45, 2.75) is 0 Å². The smallest absolute Gasteiger partial charge is 0.124 e. The van der Waals surface area contributed by atoms with Crippen LogP contribution in [0.15, 0.2) is 42.5 Å². The first-order valence-corrected chi connectivity index (χ1v) is 6.09. The van der Waals surface area contributed by atoms with Crippen LogP contribution in [0.5, 0.6) is 0 Å². The van der Waals surface area contributed by atoms with Crippen molar-refractivity contribution in [1.29, 1.82) is 0 Å². The Morgan fingerprint density at radius 1 is 0.833 bits per heavy atom. The molecular formula is C16H11ClO. The highest BCUT2D eigenvalue weighted by atomic mass is 35.5. The van der Waals surface area contributed by atoms with E-state index in [4.69, 9.17) is 11.6 Å². The Labute approximate surface area is 111 Å². The average Bonchev–Trinajstić information content (AvgIpc) is 2.37. The van der Waals surface area contributed by atoms with Gasteiger partial charge in [0.05, 0.1) is 0 Å². The Bertz CT molecular complexity index is 669. The van der Waals surface area contributed by atoms with Gasteiger partial charge in [-0.15, -0.1) is 0 Å². The van der Waals surface area contributed by atoms with Crippen LogP contribution in [-0.2, 0) is 0 Å². The van der Waals surface area contributed by atoms with E-state index in [0.717, 1.165) is 22.3 Å². The van der Waals surface area contributed by atoms with Gasteiger partial charge in [-0.25, -0.2) is 0 Å². The molecule has 2 heteroatoms. The largest absolute Gasteiger partial charge is 0.507 e. The second kappa shape index (κ2) is 4.35. The maximum Gasteiger partial charge on any atom is 0.124 e. The zero-order chi connectivity index (χ0) is 12.5. The van der Waals surface area contributed by atoms with Crippen LogP contribution in [0, 0.1) is 0 Å². The summed E-state index contributed by atoms with van der Waals surface area (Å²) in [4.78, 5) is 0. The Morgan fingerprint density at radius 3 is 2.50 bits per heavy atom. The van der Waals surface area contributed by atoms with Crippen LogP contribution >= 0.6 is 11.6 Å². The number of hydrogen-bond donors (Lipinski definition) is 1. The van der Waals surface area contributed by atoms with Gasteiger partial charge in [0.25, 0.3) is 0 Å². The highest BCUT2D eigenvalue weighted by molar-refractivity contribution is 6.30. The van der Waals surface area contributed by atoms with E-state index in [-0.39, 0.29) is 5.76 Å². The number of rotatable bonds is 0. The fourth-order valence-electron chi connectivity index (χ4n) is 2.10. The highest BCUT2D eigenvalue weighted by Gasteiger charge is 2.08. The zero-order valence-corrected chi connectivity index (χ0v) is 10.4. The molecule has 1 N–H and O–H groups in total. The zero-order valence-electron chi connectivity index (χ0n) is 9.60. The minimum atomic E-state index is 0.276. The standard InChI is InChI=1S/C16H11ClO/c17-14-8-7-13-10-16(18)15-4-2-1-3-11(15)5-6-12(13)9-14/h1-10,18H/b6-5-,11-5?,12-6?,13-10?,16-10+,16-15?. The average molecular weight is 255 g/mol. The van der Waals surface area contributed by atoms with Gasteiger partial charge in [0, 0.05) is 10.6 Å². The molecule has 1 nitrogen and oxygen atoms in total. The third-order valence-corrected chi connectivity index (χ3v) is 3.26. The molecule has 3 rings (SSSR count). The van der Waals surface area contributed by atoms with Crippen molar-refractivity contribution in [2.24, 2.45) is 0 Å². The molecule has 1 aliphatic carbocycles. The molecule has 0 radical (unpaired) electrons. The summed E-state index contributed by atoms with van der Waals surface area (Å²) in [5.41, 5.74) is 3.80. The van der Waals surface area contributed by atoms with Crippen molar-refractivity contribution in [1.82, 2.24) is 0 Å². The van der Waals surface area contributed by atoms with E-state index in [2.05, 4.69) is 0 Å². The summed E-state index contributed by atoms with van der Waals surface area (Å²) in [5.74, 6) is 0.276. The maximum atomic E-state index is 10.2.